The Morgan fingerprint density at radius 3 is 1.91 bits per heavy atom. The number of carboxylic acids is 1. The number of hydrogen-bond acceptors (Lipinski definition) is 16. The number of aliphatic carboxylic acids is 1. The van der Waals surface area contributed by atoms with Gasteiger partial charge in [0, 0.05) is 43.5 Å². The average molecular weight is 788 g/mol. The zero-order chi connectivity index (χ0) is 40.4. The first-order valence-corrected chi connectivity index (χ1v) is 18.5. The number of anilines is 2. The highest BCUT2D eigenvalue weighted by Gasteiger charge is 2.22. The number of aromatic amines is 1. The van der Waals surface area contributed by atoms with Gasteiger partial charge in [-0.05, 0) is 37.1 Å². The summed E-state index contributed by atoms with van der Waals surface area (Å²) < 4.78 is 32.6. The summed E-state index contributed by atoms with van der Waals surface area (Å²) in [6, 6.07) is 5.10. The van der Waals surface area contributed by atoms with E-state index < -0.39 is 23.5 Å². The highest BCUT2D eigenvalue weighted by Crippen LogP contribution is 2.13. The van der Waals surface area contributed by atoms with Gasteiger partial charge in [-0.25, -0.2) is 14.8 Å². The summed E-state index contributed by atoms with van der Waals surface area (Å²) >= 11 is 0. The molecule has 0 radical (unpaired) electrons. The molecule has 56 heavy (non-hydrogen) atoms. The lowest BCUT2D eigenvalue weighted by molar-refractivity contribution is -0.139. The number of ketones is 2. The smallest absolute Gasteiger partial charge is 0.326 e. The number of amides is 1. The minimum absolute atomic E-state index is 0.00542. The van der Waals surface area contributed by atoms with Crippen LogP contribution in [0, 0.1) is 0 Å². The Balaban J connectivity index is 1.16. The van der Waals surface area contributed by atoms with Crippen LogP contribution >= 0.6 is 0 Å². The van der Waals surface area contributed by atoms with Crippen molar-refractivity contribution >= 4 is 46.2 Å². The van der Waals surface area contributed by atoms with Crippen molar-refractivity contribution in [2.75, 3.05) is 90.3 Å². The largest absolute Gasteiger partial charge is 0.480 e. The molecule has 0 saturated heterocycles. The van der Waals surface area contributed by atoms with Gasteiger partial charge in [-0.2, -0.15) is 4.98 Å². The first kappa shape index (κ1) is 45.5. The lowest BCUT2D eigenvalue weighted by Gasteiger charge is -2.14. The number of Topliss-reactive ketones (excluding diaryl/α,β-unsaturated/α-hetero) is 2. The first-order chi connectivity index (χ1) is 27.2. The number of ether oxygens (including phenoxy) is 6. The second-order valence-corrected chi connectivity index (χ2v) is 12.3. The lowest BCUT2D eigenvalue weighted by Crippen LogP contribution is -2.41. The Morgan fingerprint density at radius 2 is 1.34 bits per heavy atom. The molecule has 0 bridgehead atoms. The minimum Gasteiger partial charge on any atom is -0.480 e. The number of rotatable bonds is 32. The van der Waals surface area contributed by atoms with Crippen molar-refractivity contribution in [3.05, 3.63) is 52.1 Å². The van der Waals surface area contributed by atoms with Crippen molar-refractivity contribution in [3.63, 3.8) is 0 Å². The fourth-order valence-electron chi connectivity index (χ4n) is 4.85. The van der Waals surface area contributed by atoms with Gasteiger partial charge in [0.1, 0.15) is 17.6 Å². The van der Waals surface area contributed by atoms with E-state index >= 15 is 0 Å². The van der Waals surface area contributed by atoms with Crippen LogP contribution in [0.4, 0.5) is 11.6 Å². The molecule has 0 aliphatic heterocycles. The molecule has 19 heteroatoms. The number of nitrogen functional groups attached to an aromatic ring is 1. The van der Waals surface area contributed by atoms with Gasteiger partial charge in [-0.1, -0.05) is 6.92 Å². The topological polar surface area (TPSA) is 266 Å². The average Bonchev–Trinajstić information content (AvgIpc) is 3.19. The van der Waals surface area contributed by atoms with Crippen LogP contribution in [0.15, 0.2) is 35.3 Å². The molecule has 1 atom stereocenters. The number of nitrogens with two attached hydrogens (primary N) is 1. The van der Waals surface area contributed by atoms with E-state index in [2.05, 4.69) is 30.6 Å². The number of fused-ring (bicyclic) bond motifs is 1. The van der Waals surface area contributed by atoms with E-state index in [0.717, 1.165) is 0 Å². The zero-order valence-electron chi connectivity index (χ0n) is 31.8. The number of H-pyrrole nitrogens is 1. The maximum Gasteiger partial charge on any atom is 0.326 e. The highest BCUT2D eigenvalue weighted by molar-refractivity contribution is 5.97. The summed E-state index contributed by atoms with van der Waals surface area (Å²) in [7, 11) is 0. The summed E-state index contributed by atoms with van der Waals surface area (Å²) in [5.74, 6) is -1.82. The summed E-state index contributed by atoms with van der Waals surface area (Å²) in [4.78, 5) is 74.9. The quantitative estimate of drug-likeness (QED) is 0.0564. The monoisotopic (exact) mass is 787 g/mol. The Bertz CT molecular complexity index is 1710. The predicted molar refractivity (Wildman–Crippen MR) is 203 cm³/mol. The van der Waals surface area contributed by atoms with Gasteiger partial charge in [-0.15, -0.1) is 0 Å². The van der Waals surface area contributed by atoms with Crippen molar-refractivity contribution in [1.82, 2.24) is 25.3 Å². The molecule has 2 aromatic heterocycles. The third-order valence-electron chi connectivity index (χ3n) is 7.95. The van der Waals surface area contributed by atoms with Crippen LogP contribution < -0.4 is 21.9 Å². The van der Waals surface area contributed by atoms with Crippen LogP contribution in [-0.2, 0) is 49.3 Å². The second kappa shape index (κ2) is 26.8. The second-order valence-electron chi connectivity index (χ2n) is 12.3. The molecule has 0 unspecified atom stereocenters. The zero-order valence-corrected chi connectivity index (χ0v) is 31.8. The molecule has 19 nitrogen and oxygen atoms in total. The molecule has 308 valence electrons. The van der Waals surface area contributed by atoms with Gasteiger partial charge in [0.05, 0.1) is 91.1 Å². The van der Waals surface area contributed by atoms with Crippen molar-refractivity contribution in [1.29, 1.82) is 0 Å². The van der Waals surface area contributed by atoms with Crippen molar-refractivity contribution in [3.8, 4) is 0 Å². The maximum absolute atomic E-state index is 12.8. The van der Waals surface area contributed by atoms with Gasteiger partial charge in [-0.3, -0.25) is 24.2 Å². The van der Waals surface area contributed by atoms with Gasteiger partial charge in [0.25, 0.3) is 11.5 Å². The molecule has 6 N–H and O–H groups in total. The summed E-state index contributed by atoms with van der Waals surface area (Å²) in [5, 5.41) is 15.2. The summed E-state index contributed by atoms with van der Waals surface area (Å²) in [6.45, 7) is 7.06. The lowest BCUT2D eigenvalue weighted by atomic mass is 10.1. The van der Waals surface area contributed by atoms with E-state index in [4.69, 9.17) is 34.2 Å². The fourth-order valence-corrected chi connectivity index (χ4v) is 4.85. The summed E-state index contributed by atoms with van der Waals surface area (Å²) in [6.07, 6.45) is 3.08. The van der Waals surface area contributed by atoms with E-state index in [9.17, 15) is 29.1 Å². The van der Waals surface area contributed by atoms with Crippen LogP contribution in [-0.4, -0.2) is 134 Å². The third-order valence-corrected chi connectivity index (χ3v) is 7.95. The number of nitrogens with one attached hydrogen (secondary N) is 3. The van der Waals surface area contributed by atoms with Crippen LogP contribution in [0.3, 0.4) is 0 Å². The number of benzene rings is 1. The van der Waals surface area contributed by atoms with Gasteiger partial charge < -0.3 is 49.9 Å². The minimum atomic E-state index is -1.24. The number of hydrogen-bond donors (Lipinski definition) is 5. The van der Waals surface area contributed by atoms with E-state index in [1.807, 2.05) is 6.92 Å². The standard InChI is InChI=1S/C37H53N7O12/c1-2-29(45)11-13-52-15-17-54-19-21-56-23-22-55-20-18-53-16-14-51-12-3-4-30(46)9-10-31(36(49)50)42-34(47)26-5-7-27(8-6-26)39-24-28-25-40-33-32(41-28)35(48)44-37(38)43-33/h5-8,25,31,39H,2-4,9-24H2,1H3,(H,42,47)(H,49,50)(H3,38,40,43,44,48)/t31-/m0/s1. The van der Waals surface area contributed by atoms with Gasteiger partial charge in [0.2, 0.25) is 5.95 Å². The first-order valence-electron chi connectivity index (χ1n) is 18.5. The van der Waals surface area contributed by atoms with Gasteiger partial charge in [0.15, 0.2) is 11.2 Å². The number of carbonyl (C=O) groups excluding carboxylic acids is 3. The Hall–Kier alpha value is -4.92. The van der Waals surface area contributed by atoms with Crippen LogP contribution in [0.1, 0.15) is 61.5 Å². The van der Waals surface area contributed by atoms with Crippen LogP contribution in [0.2, 0.25) is 0 Å². The molecular weight excluding hydrogens is 734 g/mol. The molecule has 1 aromatic carbocycles. The molecule has 0 spiro atoms. The number of carbonyl (C=O) groups is 4. The van der Waals surface area contributed by atoms with Crippen molar-refractivity contribution < 1.29 is 52.7 Å². The van der Waals surface area contributed by atoms with E-state index in [1.54, 1.807) is 12.1 Å². The SMILES string of the molecule is CCC(=O)CCOCCOCCOCCOCCOCCOCCCC(=O)CC[C@H](NC(=O)c1ccc(NCc2cnc3nc(N)[nH]c(=O)c3n2)cc1)C(=O)O. The molecule has 3 aromatic rings. The summed E-state index contributed by atoms with van der Waals surface area (Å²) in [5.41, 5.74) is 6.58. The normalized spacial score (nSPS) is 11.7. The molecule has 0 aliphatic carbocycles. The molecule has 3 rings (SSSR count). The van der Waals surface area contributed by atoms with Crippen molar-refractivity contribution in [2.45, 2.75) is 58.0 Å². The maximum atomic E-state index is 12.8. The van der Waals surface area contributed by atoms with Crippen LogP contribution in [0.5, 0.6) is 0 Å². The molecule has 0 fully saturated rings. The van der Waals surface area contributed by atoms with Gasteiger partial charge >= 0.3 is 5.97 Å². The molecular formula is C37H53N7O12. The van der Waals surface area contributed by atoms with Crippen molar-refractivity contribution in [2.24, 2.45) is 0 Å². The van der Waals surface area contributed by atoms with Crippen LogP contribution in [0.25, 0.3) is 11.2 Å². The number of nitrogens with zero attached hydrogens (tertiary/aromatic N) is 3. The molecule has 1 amide bonds. The van der Waals surface area contributed by atoms with E-state index in [0.29, 0.717) is 110 Å². The predicted octanol–water partition coefficient (Wildman–Crippen LogP) is 1.69. The van der Waals surface area contributed by atoms with E-state index in [-0.39, 0.29) is 60.0 Å². The fraction of sp³-hybridized carbons (Fsp3) is 0.568. The Kier molecular flexibility index (Phi) is 21.8. The Labute approximate surface area is 324 Å². The molecule has 2 heterocycles. The van der Waals surface area contributed by atoms with E-state index in [1.165, 1.54) is 18.3 Å². The molecule has 0 aliphatic rings. The number of carboxylic acid groups (broad SMARTS) is 1. The highest BCUT2D eigenvalue weighted by atomic mass is 16.6. The Morgan fingerprint density at radius 1 is 0.768 bits per heavy atom. The molecule has 0 saturated carbocycles. The third kappa shape index (κ3) is 18.6. The number of aromatic nitrogens is 4.